The number of rotatable bonds is 7. The quantitative estimate of drug-likeness (QED) is 0.615. The van der Waals surface area contributed by atoms with E-state index >= 15 is 0 Å². The molecule has 20 heavy (non-hydrogen) atoms. The van der Waals surface area contributed by atoms with Gasteiger partial charge in [0.2, 0.25) is 0 Å². The molecule has 0 saturated carbocycles. The molecule has 0 aliphatic rings. The van der Waals surface area contributed by atoms with Crippen LogP contribution in [-0.4, -0.2) is 39.9 Å². The molecule has 5 nitrogen and oxygen atoms in total. The van der Waals surface area contributed by atoms with Crippen molar-refractivity contribution < 1.29 is 19.0 Å². The van der Waals surface area contributed by atoms with E-state index in [1.165, 1.54) is 20.3 Å². The Hall–Kier alpha value is -1.90. The third-order valence-corrected chi connectivity index (χ3v) is 2.69. The first-order valence-electron chi connectivity index (χ1n) is 5.85. The van der Waals surface area contributed by atoms with Crippen LogP contribution in [0, 0.1) is 12.3 Å². The van der Waals surface area contributed by atoms with Crippen LogP contribution in [0.4, 0.5) is 0 Å². The van der Waals surface area contributed by atoms with Crippen molar-refractivity contribution in [2.24, 2.45) is 0 Å². The van der Waals surface area contributed by atoms with Crippen LogP contribution in [0.1, 0.15) is 10.4 Å². The van der Waals surface area contributed by atoms with Gasteiger partial charge in [-0.2, -0.15) is 0 Å². The number of methoxy groups -OCH3 is 2. The van der Waals surface area contributed by atoms with Crippen LogP contribution in [0.3, 0.4) is 0 Å². The summed E-state index contributed by atoms with van der Waals surface area (Å²) in [6.45, 7) is 0.918. The molecule has 0 spiro atoms. The minimum atomic E-state index is -0.280. The summed E-state index contributed by atoms with van der Waals surface area (Å²) in [5.41, 5.74) is 0.379. The predicted octanol–water partition coefficient (Wildman–Crippen LogP) is 1.74. The van der Waals surface area contributed by atoms with Crippen molar-refractivity contribution in [3.63, 3.8) is 0 Å². The van der Waals surface area contributed by atoms with E-state index in [0.717, 1.165) is 0 Å². The summed E-state index contributed by atoms with van der Waals surface area (Å²) in [5.74, 6) is 2.85. The van der Waals surface area contributed by atoms with Gasteiger partial charge in [-0.1, -0.05) is 17.5 Å². The predicted molar refractivity (Wildman–Crippen MR) is 76.5 cm³/mol. The maximum absolute atomic E-state index is 11.9. The SMILES string of the molecule is C#CCOCCNC(=O)c1cc(Cl)c(OC)c(OC)c1. The molecule has 0 atom stereocenters. The Bertz CT molecular complexity index is 511. The number of hydrogen-bond acceptors (Lipinski definition) is 4. The van der Waals surface area contributed by atoms with Gasteiger partial charge in [-0.15, -0.1) is 6.42 Å². The number of nitrogens with one attached hydrogen (secondary N) is 1. The van der Waals surface area contributed by atoms with E-state index < -0.39 is 0 Å². The maximum atomic E-state index is 11.9. The number of benzene rings is 1. The highest BCUT2D eigenvalue weighted by atomic mass is 35.5. The second-order valence-corrected chi connectivity index (χ2v) is 4.11. The van der Waals surface area contributed by atoms with Gasteiger partial charge in [0.25, 0.3) is 5.91 Å². The topological polar surface area (TPSA) is 56.8 Å². The normalized spacial score (nSPS) is 9.70. The van der Waals surface area contributed by atoms with E-state index in [1.54, 1.807) is 6.07 Å². The lowest BCUT2D eigenvalue weighted by Gasteiger charge is -2.11. The summed E-state index contributed by atoms with van der Waals surface area (Å²) in [4.78, 5) is 11.9. The lowest BCUT2D eigenvalue weighted by atomic mass is 10.2. The monoisotopic (exact) mass is 297 g/mol. The number of terminal acetylenes is 1. The molecule has 0 radical (unpaired) electrons. The van der Waals surface area contributed by atoms with Gasteiger partial charge in [0.1, 0.15) is 6.61 Å². The van der Waals surface area contributed by atoms with Crippen LogP contribution in [0.15, 0.2) is 12.1 Å². The molecule has 108 valence electrons. The molecule has 0 saturated heterocycles. The largest absolute Gasteiger partial charge is 0.493 e. The average molecular weight is 298 g/mol. The summed E-state index contributed by atoms with van der Waals surface area (Å²) >= 11 is 6.03. The number of carbonyl (C=O) groups excluding carboxylic acids is 1. The molecule has 0 bridgehead atoms. The first kappa shape index (κ1) is 16.2. The third-order valence-electron chi connectivity index (χ3n) is 2.41. The highest BCUT2D eigenvalue weighted by molar-refractivity contribution is 6.32. The first-order valence-corrected chi connectivity index (χ1v) is 6.22. The Morgan fingerprint density at radius 2 is 2.15 bits per heavy atom. The zero-order chi connectivity index (χ0) is 15.0. The molecule has 0 aromatic heterocycles. The van der Waals surface area contributed by atoms with Crippen molar-refractivity contribution in [3.8, 4) is 23.8 Å². The molecule has 0 heterocycles. The average Bonchev–Trinajstić information content (AvgIpc) is 2.45. The van der Waals surface area contributed by atoms with Gasteiger partial charge < -0.3 is 19.5 Å². The van der Waals surface area contributed by atoms with Crippen molar-refractivity contribution in [1.82, 2.24) is 5.32 Å². The second kappa shape index (κ2) is 8.31. The standard InChI is InChI=1S/C14H16ClNO4/c1-4-6-20-7-5-16-14(17)10-8-11(15)13(19-3)12(9-10)18-2/h1,8-9H,5-7H2,2-3H3,(H,16,17). The highest BCUT2D eigenvalue weighted by Gasteiger charge is 2.14. The van der Waals surface area contributed by atoms with Gasteiger partial charge in [-0.25, -0.2) is 0 Å². The van der Waals surface area contributed by atoms with E-state index in [1.807, 2.05) is 0 Å². The number of hydrogen-bond donors (Lipinski definition) is 1. The van der Waals surface area contributed by atoms with E-state index in [9.17, 15) is 4.79 Å². The summed E-state index contributed by atoms with van der Waals surface area (Å²) in [6.07, 6.45) is 5.03. The van der Waals surface area contributed by atoms with Crippen molar-refractivity contribution in [3.05, 3.63) is 22.7 Å². The molecular formula is C14H16ClNO4. The van der Waals surface area contributed by atoms with Crippen LogP contribution >= 0.6 is 11.6 Å². The van der Waals surface area contributed by atoms with Crippen molar-refractivity contribution in [1.29, 1.82) is 0 Å². The molecule has 6 heteroatoms. The molecule has 1 aromatic rings. The smallest absolute Gasteiger partial charge is 0.251 e. The molecule has 0 unspecified atom stereocenters. The Morgan fingerprint density at radius 1 is 1.40 bits per heavy atom. The third kappa shape index (κ3) is 4.34. The summed E-state index contributed by atoms with van der Waals surface area (Å²) < 4.78 is 15.3. The van der Waals surface area contributed by atoms with E-state index in [2.05, 4.69) is 11.2 Å². The summed E-state index contributed by atoms with van der Waals surface area (Å²) in [5, 5.41) is 2.99. The molecule has 0 aliphatic heterocycles. The second-order valence-electron chi connectivity index (χ2n) is 3.71. The van der Waals surface area contributed by atoms with Crippen LogP contribution in [0.25, 0.3) is 0 Å². The van der Waals surface area contributed by atoms with Gasteiger partial charge in [0, 0.05) is 12.1 Å². The van der Waals surface area contributed by atoms with Crippen LogP contribution in [0.5, 0.6) is 11.5 Å². The Labute approximate surface area is 123 Å². The Morgan fingerprint density at radius 3 is 2.75 bits per heavy atom. The Kier molecular flexibility index (Phi) is 6.71. The highest BCUT2D eigenvalue weighted by Crippen LogP contribution is 2.35. The zero-order valence-electron chi connectivity index (χ0n) is 11.4. The van der Waals surface area contributed by atoms with Crippen molar-refractivity contribution in [2.45, 2.75) is 0 Å². The number of amides is 1. The van der Waals surface area contributed by atoms with Crippen molar-refractivity contribution in [2.75, 3.05) is 34.0 Å². The summed E-state index contributed by atoms with van der Waals surface area (Å²) in [7, 11) is 2.95. The van der Waals surface area contributed by atoms with E-state index in [-0.39, 0.29) is 12.5 Å². The lowest BCUT2D eigenvalue weighted by molar-refractivity contribution is 0.0930. The van der Waals surface area contributed by atoms with E-state index in [0.29, 0.717) is 35.2 Å². The molecule has 1 rings (SSSR count). The molecule has 1 N–H and O–H groups in total. The van der Waals surface area contributed by atoms with Crippen molar-refractivity contribution >= 4 is 17.5 Å². The zero-order valence-corrected chi connectivity index (χ0v) is 12.1. The lowest BCUT2D eigenvalue weighted by Crippen LogP contribution is -2.27. The van der Waals surface area contributed by atoms with E-state index in [4.69, 9.17) is 32.2 Å². The number of carbonyl (C=O) groups is 1. The van der Waals surface area contributed by atoms with Gasteiger partial charge in [-0.3, -0.25) is 4.79 Å². The molecule has 1 aromatic carbocycles. The van der Waals surface area contributed by atoms with Gasteiger partial charge >= 0.3 is 0 Å². The number of ether oxygens (including phenoxy) is 3. The maximum Gasteiger partial charge on any atom is 0.251 e. The van der Waals surface area contributed by atoms with Crippen LogP contribution in [-0.2, 0) is 4.74 Å². The number of halogens is 1. The minimum absolute atomic E-state index is 0.220. The fourth-order valence-electron chi connectivity index (χ4n) is 1.52. The molecular weight excluding hydrogens is 282 g/mol. The molecule has 1 amide bonds. The summed E-state index contributed by atoms with van der Waals surface area (Å²) in [6, 6.07) is 3.07. The van der Waals surface area contributed by atoms with Crippen LogP contribution in [0.2, 0.25) is 5.02 Å². The van der Waals surface area contributed by atoms with Crippen LogP contribution < -0.4 is 14.8 Å². The fraction of sp³-hybridized carbons (Fsp3) is 0.357. The van der Waals surface area contributed by atoms with Gasteiger partial charge in [0.05, 0.1) is 25.8 Å². The Balaban J connectivity index is 2.69. The van der Waals surface area contributed by atoms with Gasteiger partial charge in [0.15, 0.2) is 11.5 Å². The minimum Gasteiger partial charge on any atom is -0.493 e. The molecule has 0 aliphatic carbocycles. The van der Waals surface area contributed by atoms with Gasteiger partial charge in [-0.05, 0) is 12.1 Å². The first-order chi connectivity index (χ1) is 9.63. The fourth-order valence-corrected chi connectivity index (χ4v) is 1.81. The molecule has 0 fully saturated rings.